The molecule has 0 aliphatic carbocycles. The summed E-state index contributed by atoms with van der Waals surface area (Å²) >= 11 is 0. The fourth-order valence-electron chi connectivity index (χ4n) is 3.06. The standard InChI is InChI=1S/C24H29NO5/c1-18(26)20-12-14-21(15-13-20)30-16-8-11-22(27)25(24(2,3)23(28)29-4)17-19-9-6-5-7-10-19/h5-7,9-10,12-15H,8,11,16-17H2,1-4H3. The number of carbonyl (C=O) groups is 3. The topological polar surface area (TPSA) is 72.9 Å². The molecule has 0 aliphatic rings. The number of ketones is 1. The Balaban J connectivity index is 1.98. The molecule has 0 N–H and O–H groups in total. The van der Waals surface area contributed by atoms with Gasteiger partial charge in [0.05, 0.1) is 13.7 Å². The van der Waals surface area contributed by atoms with Crippen LogP contribution in [0.1, 0.15) is 49.5 Å². The minimum Gasteiger partial charge on any atom is -0.494 e. The minimum absolute atomic E-state index is 0.00104. The van der Waals surface area contributed by atoms with Crippen molar-refractivity contribution in [1.29, 1.82) is 0 Å². The van der Waals surface area contributed by atoms with Crippen molar-refractivity contribution >= 4 is 17.7 Å². The molecule has 1 amide bonds. The van der Waals surface area contributed by atoms with Gasteiger partial charge in [0.1, 0.15) is 11.3 Å². The van der Waals surface area contributed by atoms with Gasteiger partial charge in [-0.25, -0.2) is 4.79 Å². The Labute approximate surface area is 177 Å². The van der Waals surface area contributed by atoms with Crippen LogP contribution < -0.4 is 4.74 Å². The Morgan fingerprint density at radius 3 is 2.17 bits per heavy atom. The lowest BCUT2D eigenvalue weighted by Gasteiger charge is -2.36. The predicted molar refractivity (Wildman–Crippen MR) is 114 cm³/mol. The Morgan fingerprint density at radius 1 is 0.967 bits per heavy atom. The number of ether oxygens (including phenoxy) is 2. The maximum absolute atomic E-state index is 13.0. The van der Waals surface area contributed by atoms with E-state index in [4.69, 9.17) is 9.47 Å². The van der Waals surface area contributed by atoms with Gasteiger partial charge >= 0.3 is 5.97 Å². The van der Waals surface area contributed by atoms with E-state index in [2.05, 4.69) is 0 Å². The quantitative estimate of drug-likeness (QED) is 0.335. The van der Waals surface area contributed by atoms with Crippen molar-refractivity contribution in [2.45, 2.75) is 45.7 Å². The summed E-state index contributed by atoms with van der Waals surface area (Å²) in [5.41, 5.74) is 0.467. The maximum Gasteiger partial charge on any atom is 0.331 e. The SMILES string of the molecule is COC(=O)C(C)(C)N(Cc1ccccc1)C(=O)CCCOc1ccc(C(C)=O)cc1. The number of rotatable bonds is 10. The Morgan fingerprint density at radius 2 is 1.60 bits per heavy atom. The van der Waals surface area contributed by atoms with Crippen LogP contribution in [-0.2, 0) is 20.9 Å². The molecule has 0 bridgehead atoms. The normalized spacial score (nSPS) is 10.9. The van der Waals surface area contributed by atoms with E-state index in [1.54, 1.807) is 43.0 Å². The van der Waals surface area contributed by atoms with Gasteiger partial charge < -0.3 is 14.4 Å². The molecule has 0 aromatic heterocycles. The summed E-state index contributed by atoms with van der Waals surface area (Å²) in [6.45, 7) is 5.55. The molecule has 30 heavy (non-hydrogen) atoms. The van der Waals surface area contributed by atoms with E-state index in [0.717, 1.165) is 5.56 Å². The lowest BCUT2D eigenvalue weighted by molar-refractivity contribution is -0.160. The van der Waals surface area contributed by atoms with Crippen molar-refractivity contribution in [3.05, 3.63) is 65.7 Å². The lowest BCUT2D eigenvalue weighted by Crippen LogP contribution is -2.53. The highest BCUT2D eigenvalue weighted by atomic mass is 16.5. The fraction of sp³-hybridized carbons (Fsp3) is 0.375. The Kier molecular flexibility index (Phi) is 8.16. The van der Waals surface area contributed by atoms with Gasteiger partial charge in [-0.2, -0.15) is 0 Å². The van der Waals surface area contributed by atoms with E-state index < -0.39 is 11.5 Å². The van der Waals surface area contributed by atoms with Crippen LogP contribution in [0.2, 0.25) is 0 Å². The van der Waals surface area contributed by atoms with E-state index in [1.165, 1.54) is 14.0 Å². The summed E-state index contributed by atoms with van der Waals surface area (Å²) in [6.07, 6.45) is 0.731. The molecule has 0 radical (unpaired) electrons. The molecule has 2 aromatic rings. The summed E-state index contributed by atoms with van der Waals surface area (Å²) in [4.78, 5) is 38.1. The van der Waals surface area contributed by atoms with Gasteiger partial charge in [0.15, 0.2) is 5.78 Å². The first kappa shape index (κ1) is 23.1. The Bertz CT molecular complexity index is 859. The van der Waals surface area contributed by atoms with Gasteiger partial charge in [0.25, 0.3) is 0 Å². The average molecular weight is 411 g/mol. The molecular formula is C24H29NO5. The number of nitrogens with zero attached hydrogens (tertiary/aromatic N) is 1. The number of hydrogen-bond donors (Lipinski definition) is 0. The van der Waals surface area contributed by atoms with Crippen LogP contribution in [0, 0.1) is 0 Å². The van der Waals surface area contributed by atoms with E-state index in [9.17, 15) is 14.4 Å². The third-order valence-electron chi connectivity index (χ3n) is 4.91. The molecule has 0 fully saturated rings. The molecule has 0 saturated heterocycles. The molecule has 6 nitrogen and oxygen atoms in total. The molecule has 0 aliphatic heterocycles. The fourth-order valence-corrected chi connectivity index (χ4v) is 3.06. The third kappa shape index (κ3) is 6.17. The van der Waals surface area contributed by atoms with Crippen LogP contribution in [0.5, 0.6) is 5.75 Å². The molecule has 0 unspecified atom stereocenters. The summed E-state index contributed by atoms with van der Waals surface area (Å²) in [6, 6.07) is 16.4. The van der Waals surface area contributed by atoms with Crippen molar-refractivity contribution in [2.75, 3.05) is 13.7 Å². The average Bonchev–Trinajstić information content (AvgIpc) is 2.75. The largest absolute Gasteiger partial charge is 0.494 e. The van der Waals surface area contributed by atoms with E-state index in [-0.39, 0.29) is 18.1 Å². The number of hydrogen-bond acceptors (Lipinski definition) is 5. The van der Waals surface area contributed by atoms with Gasteiger partial charge in [-0.1, -0.05) is 30.3 Å². The first-order valence-corrected chi connectivity index (χ1v) is 9.92. The number of carbonyl (C=O) groups excluding carboxylic acids is 3. The molecule has 6 heteroatoms. The van der Waals surface area contributed by atoms with Crippen molar-refractivity contribution in [3.63, 3.8) is 0 Å². The van der Waals surface area contributed by atoms with Crippen LogP contribution in [0.15, 0.2) is 54.6 Å². The summed E-state index contributed by atoms with van der Waals surface area (Å²) in [7, 11) is 1.32. The minimum atomic E-state index is -1.09. The monoisotopic (exact) mass is 411 g/mol. The summed E-state index contributed by atoms with van der Waals surface area (Å²) in [5, 5.41) is 0. The van der Waals surface area contributed by atoms with Gasteiger partial charge in [-0.3, -0.25) is 9.59 Å². The van der Waals surface area contributed by atoms with Gasteiger partial charge in [0, 0.05) is 18.5 Å². The van der Waals surface area contributed by atoms with Gasteiger partial charge in [0.2, 0.25) is 5.91 Å². The maximum atomic E-state index is 13.0. The molecule has 2 rings (SSSR count). The zero-order valence-electron chi connectivity index (χ0n) is 18.0. The molecule has 0 spiro atoms. The lowest BCUT2D eigenvalue weighted by atomic mass is 10.0. The molecular weight excluding hydrogens is 382 g/mol. The van der Waals surface area contributed by atoms with E-state index in [1.807, 2.05) is 30.3 Å². The molecule has 2 aromatic carbocycles. The number of Topliss-reactive ketones (excluding diaryl/α,β-unsaturated/α-hetero) is 1. The number of esters is 1. The van der Waals surface area contributed by atoms with Gasteiger partial charge in [-0.05, 0) is 57.0 Å². The molecule has 0 atom stereocenters. The highest BCUT2D eigenvalue weighted by Gasteiger charge is 2.38. The zero-order chi connectivity index (χ0) is 22.1. The first-order valence-electron chi connectivity index (χ1n) is 9.92. The van der Waals surface area contributed by atoms with Crippen molar-refractivity contribution < 1.29 is 23.9 Å². The highest BCUT2D eigenvalue weighted by Crippen LogP contribution is 2.22. The van der Waals surface area contributed by atoms with Crippen LogP contribution in [0.3, 0.4) is 0 Å². The Hall–Kier alpha value is -3.15. The number of methoxy groups -OCH3 is 1. The molecule has 0 saturated carbocycles. The molecule has 160 valence electrons. The highest BCUT2D eigenvalue weighted by molar-refractivity contribution is 5.94. The van der Waals surface area contributed by atoms with Crippen LogP contribution in [0.25, 0.3) is 0 Å². The van der Waals surface area contributed by atoms with E-state index >= 15 is 0 Å². The zero-order valence-corrected chi connectivity index (χ0v) is 18.0. The third-order valence-corrected chi connectivity index (χ3v) is 4.91. The second kappa shape index (κ2) is 10.6. The predicted octanol–water partition coefficient (Wildman–Crippen LogP) is 4.03. The molecule has 0 heterocycles. The smallest absolute Gasteiger partial charge is 0.331 e. The number of amides is 1. The summed E-state index contributed by atoms with van der Waals surface area (Å²) in [5.74, 6) is 0.0285. The second-order valence-electron chi connectivity index (χ2n) is 7.55. The number of benzene rings is 2. The van der Waals surface area contributed by atoms with E-state index in [0.29, 0.717) is 30.9 Å². The van der Waals surface area contributed by atoms with Gasteiger partial charge in [-0.15, -0.1) is 0 Å². The van der Waals surface area contributed by atoms with Crippen molar-refractivity contribution in [3.8, 4) is 5.75 Å². The summed E-state index contributed by atoms with van der Waals surface area (Å²) < 4.78 is 10.6. The second-order valence-corrected chi connectivity index (χ2v) is 7.55. The van der Waals surface area contributed by atoms with Crippen LogP contribution >= 0.6 is 0 Å². The van der Waals surface area contributed by atoms with Crippen LogP contribution in [-0.4, -0.2) is 41.8 Å². The van der Waals surface area contributed by atoms with Crippen molar-refractivity contribution in [1.82, 2.24) is 4.90 Å². The van der Waals surface area contributed by atoms with Crippen LogP contribution in [0.4, 0.5) is 0 Å². The van der Waals surface area contributed by atoms with Crippen molar-refractivity contribution in [2.24, 2.45) is 0 Å². The first-order chi connectivity index (χ1) is 14.3.